The van der Waals surface area contributed by atoms with Crippen LogP contribution in [0, 0.1) is 23.3 Å². The summed E-state index contributed by atoms with van der Waals surface area (Å²) in [7, 11) is 0. The summed E-state index contributed by atoms with van der Waals surface area (Å²) in [5.41, 5.74) is 3.46. The molecule has 0 fully saturated rings. The summed E-state index contributed by atoms with van der Waals surface area (Å²) in [6.45, 7) is 12.8. The summed E-state index contributed by atoms with van der Waals surface area (Å²) in [5, 5.41) is 0. The molecule has 0 atom stereocenters. The molecule has 0 amide bonds. The summed E-state index contributed by atoms with van der Waals surface area (Å²) < 4.78 is 57.0. The van der Waals surface area contributed by atoms with Gasteiger partial charge in [0.15, 0.2) is 0 Å². The van der Waals surface area contributed by atoms with Crippen LogP contribution >= 0.6 is 0 Å². The van der Waals surface area contributed by atoms with Crippen LogP contribution in [0.15, 0.2) is 91.0 Å². The van der Waals surface area contributed by atoms with E-state index >= 15 is 0 Å². The summed E-state index contributed by atoms with van der Waals surface area (Å²) in [4.78, 5) is 11.4. The Bertz CT molecular complexity index is 1670. The third-order valence-corrected chi connectivity index (χ3v) is 7.25. The van der Waals surface area contributed by atoms with Crippen molar-refractivity contribution in [3.8, 4) is 22.5 Å². The van der Waals surface area contributed by atoms with Gasteiger partial charge in [-0.05, 0) is 82.6 Å². The van der Waals surface area contributed by atoms with Gasteiger partial charge in [0.25, 0.3) is 0 Å². The first-order valence-corrected chi connectivity index (χ1v) is 14.0. The first-order chi connectivity index (χ1) is 20.2. The summed E-state index contributed by atoms with van der Waals surface area (Å²) >= 11 is 0. The van der Waals surface area contributed by atoms with Crippen LogP contribution in [0.25, 0.3) is 22.5 Å². The second-order valence-electron chi connectivity index (χ2n) is 12.6. The summed E-state index contributed by atoms with van der Waals surface area (Å²) in [6.07, 6.45) is 0. The maximum absolute atomic E-state index is 14.8. The molecule has 0 N–H and O–H groups in total. The maximum Gasteiger partial charge on any atom is 0.139 e. The smallest absolute Gasteiger partial charge is 0.139 e. The fourth-order valence-electron chi connectivity index (χ4n) is 4.78. The van der Waals surface area contributed by atoms with Crippen LogP contribution < -0.4 is 4.90 Å². The lowest BCUT2D eigenvalue weighted by molar-refractivity contribution is 0.568. The molecule has 2 aromatic heterocycles. The van der Waals surface area contributed by atoms with Crippen molar-refractivity contribution in [1.29, 1.82) is 0 Å². The van der Waals surface area contributed by atoms with Gasteiger partial charge in [-0.25, -0.2) is 27.5 Å². The lowest BCUT2D eigenvalue weighted by Gasteiger charge is -2.30. The van der Waals surface area contributed by atoms with Gasteiger partial charge in [0.2, 0.25) is 0 Å². The van der Waals surface area contributed by atoms with E-state index in [-0.39, 0.29) is 22.0 Å². The minimum absolute atomic E-state index is 0.150. The van der Waals surface area contributed by atoms with E-state index in [1.807, 2.05) is 4.90 Å². The molecule has 43 heavy (non-hydrogen) atoms. The molecule has 0 aliphatic carbocycles. The zero-order valence-corrected chi connectivity index (χ0v) is 25.0. The number of nitrogens with zero attached hydrogens (tertiary/aromatic N) is 3. The number of hydrogen-bond donors (Lipinski definition) is 0. The molecule has 0 radical (unpaired) electrons. The van der Waals surface area contributed by atoms with Crippen LogP contribution in [0.5, 0.6) is 0 Å². The number of benzene rings is 3. The van der Waals surface area contributed by atoms with Crippen molar-refractivity contribution in [2.75, 3.05) is 4.90 Å². The monoisotopic (exact) mass is 583 g/mol. The number of pyridine rings is 2. The van der Waals surface area contributed by atoms with Crippen LogP contribution in [-0.2, 0) is 10.8 Å². The molecule has 220 valence electrons. The van der Waals surface area contributed by atoms with E-state index < -0.39 is 23.3 Å². The highest BCUT2D eigenvalue weighted by Gasteiger charge is 2.25. The third-order valence-electron chi connectivity index (χ3n) is 7.25. The Hall–Kier alpha value is -4.52. The van der Waals surface area contributed by atoms with Crippen LogP contribution in [0.4, 0.5) is 34.9 Å². The van der Waals surface area contributed by atoms with Gasteiger partial charge >= 0.3 is 0 Å². The number of rotatable bonds is 5. The molecule has 0 saturated carbocycles. The van der Waals surface area contributed by atoms with Crippen molar-refractivity contribution >= 4 is 17.3 Å². The summed E-state index contributed by atoms with van der Waals surface area (Å²) in [6, 6.07) is 23.4. The summed E-state index contributed by atoms with van der Waals surface area (Å²) in [5.74, 6) is -1.96. The van der Waals surface area contributed by atoms with Gasteiger partial charge in [0.05, 0.1) is 11.4 Å². The number of anilines is 3. The molecular weight excluding hydrogens is 550 g/mol. The average Bonchev–Trinajstić information content (AvgIpc) is 2.92. The first-order valence-electron chi connectivity index (χ1n) is 14.0. The van der Waals surface area contributed by atoms with Gasteiger partial charge in [-0.15, -0.1) is 0 Å². The molecule has 3 aromatic carbocycles. The minimum atomic E-state index is -0.729. The van der Waals surface area contributed by atoms with Crippen molar-refractivity contribution in [3.05, 3.63) is 125 Å². The predicted octanol–water partition coefficient (Wildman–Crippen LogP) is 10.4. The molecule has 0 aliphatic heterocycles. The second kappa shape index (κ2) is 11.3. The van der Waals surface area contributed by atoms with Crippen molar-refractivity contribution in [2.45, 2.75) is 52.4 Å². The topological polar surface area (TPSA) is 29.0 Å². The standard InChI is InChI=1S/C36H33F4N3/c1-35(2,3)22-17-23(36(4,5)6)19-26(18-22)43(33-11-7-9-31(41-33)27-15-13-24(37)20-29(27)39)34-12-8-10-32(42-34)28-16-14-25(38)21-30(28)40/h7-21H,1-6H3. The Morgan fingerprint density at radius 3 is 1.30 bits per heavy atom. The van der Waals surface area contributed by atoms with Crippen molar-refractivity contribution in [3.63, 3.8) is 0 Å². The van der Waals surface area contributed by atoms with Crippen LogP contribution in [0.1, 0.15) is 52.7 Å². The number of halogens is 4. The Balaban J connectivity index is 1.76. The van der Waals surface area contributed by atoms with Gasteiger partial charge in [-0.1, -0.05) is 59.7 Å². The molecule has 0 spiro atoms. The van der Waals surface area contributed by atoms with E-state index in [0.717, 1.165) is 28.9 Å². The molecule has 0 aliphatic rings. The molecular formula is C36H33F4N3. The van der Waals surface area contributed by atoms with Gasteiger partial charge in [0, 0.05) is 28.9 Å². The second-order valence-corrected chi connectivity index (χ2v) is 12.6. The molecule has 5 rings (SSSR count). The lowest BCUT2D eigenvalue weighted by atomic mass is 9.80. The largest absolute Gasteiger partial charge is 0.279 e. The highest BCUT2D eigenvalue weighted by Crippen LogP contribution is 2.40. The maximum atomic E-state index is 14.8. The molecule has 0 bridgehead atoms. The zero-order valence-electron chi connectivity index (χ0n) is 25.0. The van der Waals surface area contributed by atoms with E-state index in [4.69, 9.17) is 9.97 Å². The van der Waals surface area contributed by atoms with Gasteiger partial charge < -0.3 is 0 Å². The average molecular weight is 584 g/mol. The molecule has 0 saturated heterocycles. The Kier molecular flexibility index (Phi) is 7.86. The van der Waals surface area contributed by atoms with Gasteiger partial charge in [0.1, 0.15) is 34.9 Å². The van der Waals surface area contributed by atoms with Crippen LogP contribution in [-0.4, -0.2) is 9.97 Å². The van der Waals surface area contributed by atoms with Gasteiger partial charge in [-0.2, -0.15) is 0 Å². The molecule has 5 aromatic rings. The minimum Gasteiger partial charge on any atom is -0.279 e. The predicted molar refractivity (Wildman–Crippen MR) is 165 cm³/mol. The van der Waals surface area contributed by atoms with E-state index in [2.05, 4.69) is 59.7 Å². The van der Waals surface area contributed by atoms with Crippen LogP contribution in [0.2, 0.25) is 0 Å². The highest BCUT2D eigenvalue weighted by atomic mass is 19.1. The van der Waals surface area contributed by atoms with E-state index in [1.54, 1.807) is 36.4 Å². The fraction of sp³-hybridized carbons (Fsp3) is 0.222. The number of hydrogen-bond acceptors (Lipinski definition) is 3. The Morgan fingerprint density at radius 1 is 0.512 bits per heavy atom. The Labute approximate surface area is 249 Å². The van der Waals surface area contributed by atoms with E-state index in [0.29, 0.717) is 23.0 Å². The fourth-order valence-corrected chi connectivity index (χ4v) is 4.78. The Morgan fingerprint density at radius 2 is 0.930 bits per heavy atom. The van der Waals surface area contributed by atoms with Crippen LogP contribution in [0.3, 0.4) is 0 Å². The van der Waals surface area contributed by atoms with Crippen molar-refractivity contribution in [2.24, 2.45) is 0 Å². The van der Waals surface area contributed by atoms with E-state index in [9.17, 15) is 17.6 Å². The quantitative estimate of drug-likeness (QED) is 0.193. The molecule has 0 unspecified atom stereocenters. The number of aromatic nitrogens is 2. The molecule has 2 heterocycles. The molecule has 7 heteroatoms. The van der Waals surface area contributed by atoms with E-state index in [1.165, 1.54) is 24.3 Å². The third kappa shape index (κ3) is 6.46. The molecule has 3 nitrogen and oxygen atoms in total. The normalized spacial score (nSPS) is 12.0. The van der Waals surface area contributed by atoms with Gasteiger partial charge in [-0.3, -0.25) is 4.90 Å². The zero-order chi connectivity index (χ0) is 31.1. The van der Waals surface area contributed by atoms with Crippen molar-refractivity contribution < 1.29 is 17.6 Å². The first kappa shape index (κ1) is 30.0. The highest BCUT2D eigenvalue weighted by molar-refractivity contribution is 5.76. The SMILES string of the molecule is CC(C)(C)c1cc(N(c2cccc(-c3ccc(F)cc3F)n2)c2cccc(-c3ccc(F)cc3F)n2)cc(C(C)(C)C)c1. The van der Waals surface area contributed by atoms with Crippen molar-refractivity contribution in [1.82, 2.24) is 9.97 Å². The lowest BCUT2D eigenvalue weighted by Crippen LogP contribution is -2.20.